The second kappa shape index (κ2) is 7.74. The first kappa shape index (κ1) is 18.1. The summed E-state index contributed by atoms with van der Waals surface area (Å²) < 4.78 is 13.1. The van der Waals surface area contributed by atoms with Crippen LogP contribution in [0, 0.1) is 11.7 Å². The summed E-state index contributed by atoms with van der Waals surface area (Å²) in [5.41, 5.74) is 0.999. The quantitative estimate of drug-likeness (QED) is 0.881. The van der Waals surface area contributed by atoms with Gasteiger partial charge in [-0.3, -0.25) is 4.79 Å². The molecule has 3 amide bonds. The monoisotopic (exact) mass is 374 g/mol. The van der Waals surface area contributed by atoms with Gasteiger partial charge in [0, 0.05) is 56.9 Å². The van der Waals surface area contributed by atoms with E-state index < -0.39 is 0 Å². The Morgan fingerprint density at radius 3 is 2.07 bits per heavy atom. The minimum atomic E-state index is -0.232. The molecule has 0 aromatic heterocycles. The molecule has 2 saturated heterocycles. The fraction of sp³-hybridized carbons (Fsp3) is 0.600. The zero-order chi connectivity index (χ0) is 18.8. The van der Waals surface area contributed by atoms with E-state index in [-0.39, 0.29) is 23.7 Å². The van der Waals surface area contributed by atoms with E-state index in [1.165, 1.54) is 12.1 Å². The molecule has 1 N–H and O–H groups in total. The van der Waals surface area contributed by atoms with Crippen LogP contribution in [0.3, 0.4) is 0 Å². The Morgan fingerprint density at radius 1 is 0.852 bits per heavy atom. The number of hydrogen-bond acceptors (Lipinski definition) is 3. The van der Waals surface area contributed by atoms with Gasteiger partial charge in [0.05, 0.1) is 0 Å². The van der Waals surface area contributed by atoms with Crippen LogP contribution in [0.5, 0.6) is 0 Å². The summed E-state index contributed by atoms with van der Waals surface area (Å²) in [4.78, 5) is 30.9. The van der Waals surface area contributed by atoms with Crippen molar-refractivity contribution in [3.8, 4) is 0 Å². The van der Waals surface area contributed by atoms with Crippen molar-refractivity contribution in [2.45, 2.75) is 31.7 Å². The average molecular weight is 374 g/mol. The standard InChI is InChI=1S/C20H27FN4O2/c21-16-1-5-18(6-2-16)23-11-13-24(14-12-23)19(26)15-7-9-25(10-8-15)20(27)22-17-3-4-17/h1-2,5-6,15,17H,3-4,7-14H2,(H,22,27). The number of halogens is 1. The summed E-state index contributed by atoms with van der Waals surface area (Å²) in [5.74, 6) is 0.00747. The van der Waals surface area contributed by atoms with Crippen LogP contribution in [0.4, 0.5) is 14.9 Å². The zero-order valence-corrected chi connectivity index (χ0v) is 15.6. The summed E-state index contributed by atoms with van der Waals surface area (Å²) in [6.07, 6.45) is 3.67. The Kier molecular flexibility index (Phi) is 5.18. The van der Waals surface area contributed by atoms with Gasteiger partial charge in [0.25, 0.3) is 0 Å². The number of benzene rings is 1. The van der Waals surface area contributed by atoms with Gasteiger partial charge in [-0.25, -0.2) is 9.18 Å². The van der Waals surface area contributed by atoms with E-state index in [1.54, 1.807) is 12.1 Å². The predicted octanol–water partition coefficient (Wildman–Crippen LogP) is 2.06. The average Bonchev–Trinajstić information content (AvgIpc) is 3.52. The number of piperazine rings is 1. The Balaban J connectivity index is 1.23. The van der Waals surface area contributed by atoms with Gasteiger partial charge in [0.15, 0.2) is 0 Å². The van der Waals surface area contributed by atoms with Crippen molar-refractivity contribution >= 4 is 17.6 Å². The minimum Gasteiger partial charge on any atom is -0.368 e. The number of nitrogens with one attached hydrogen (secondary N) is 1. The first-order valence-electron chi connectivity index (χ1n) is 9.95. The molecule has 1 aromatic rings. The molecule has 6 nitrogen and oxygen atoms in total. The Bertz CT molecular complexity index is 676. The highest BCUT2D eigenvalue weighted by Gasteiger charge is 2.33. The molecule has 27 heavy (non-hydrogen) atoms. The minimum absolute atomic E-state index is 0.0207. The van der Waals surface area contributed by atoms with E-state index in [0.717, 1.165) is 44.5 Å². The van der Waals surface area contributed by atoms with E-state index in [2.05, 4.69) is 10.2 Å². The van der Waals surface area contributed by atoms with Crippen molar-refractivity contribution in [3.63, 3.8) is 0 Å². The lowest BCUT2D eigenvalue weighted by atomic mass is 9.95. The Morgan fingerprint density at radius 2 is 1.48 bits per heavy atom. The predicted molar refractivity (Wildman–Crippen MR) is 101 cm³/mol. The van der Waals surface area contributed by atoms with Gasteiger partial charge in [0.2, 0.25) is 5.91 Å². The van der Waals surface area contributed by atoms with E-state index in [0.29, 0.717) is 32.2 Å². The van der Waals surface area contributed by atoms with Crippen molar-refractivity contribution in [2.75, 3.05) is 44.2 Å². The van der Waals surface area contributed by atoms with E-state index in [9.17, 15) is 14.0 Å². The molecule has 4 rings (SSSR count). The summed E-state index contributed by atoms with van der Waals surface area (Å²) in [5, 5.41) is 3.02. The first-order chi connectivity index (χ1) is 13.1. The first-order valence-corrected chi connectivity index (χ1v) is 9.95. The van der Waals surface area contributed by atoms with Gasteiger partial charge in [-0.05, 0) is 49.9 Å². The molecule has 0 spiro atoms. The van der Waals surface area contributed by atoms with Crippen LogP contribution in [0.2, 0.25) is 0 Å². The molecule has 1 aliphatic carbocycles. The molecule has 0 bridgehead atoms. The fourth-order valence-electron chi connectivity index (χ4n) is 3.92. The fourth-order valence-corrected chi connectivity index (χ4v) is 3.92. The highest BCUT2D eigenvalue weighted by molar-refractivity contribution is 5.80. The van der Waals surface area contributed by atoms with Crippen LogP contribution < -0.4 is 10.2 Å². The lowest BCUT2D eigenvalue weighted by Crippen LogP contribution is -2.52. The second-order valence-corrected chi connectivity index (χ2v) is 7.77. The van der Waals surface area contributed by atoms with E-state index >= 15 is 0 Å². The van der Waals surface area contributed by atoms with Crippen molar-refractivity contribution in [1.82, 2.24) is 15.1 Å². The molecule has 2 aliphatic heterocycles. The maximum absolute atomic E-state index is 13.1. The summed E-state index contributed by atoms with van der Waals surface area (Å²) in [6.45, 7) is 4.23. The normalized spacial score (nSPS) is 21.3. The molecule has 0 unspecified atom stereocenters. The number of anilines is 1. The van der Waals surface area contributed by atoms with Gasteiger partial charge < -0.3 is 20.0 Å². The third kappa shape index (κ3) is 4.34. The molecular formula is C20H27FN4O2. The van der Waals surface area contributed by atoms with Crippen LogP contribution in [-0.2, 0) is 4.79 Å². The SMILES string of the molecule is O=C(NC1CC1)N1CCC(C(=O)N2CCN(c3ccc(F)cc3)CC2)CC1. The van der Waals surface area contributed by atoms with Crippen LogP contribution in [0.15, 0.2) is 24.3 Å². The molecular weight excluding hydrogens is 347 g/mol. The lowest BCUT2D eigenvalue weighted by molar-refractivity contribution is -0.137. The molecule has 1 aromatic carbocycles. The van der Waals surface area contributed by atoms with E-state index in [4.69, 9.17) is 0 Å². The molecule has 0 radical (unpaired) electrons. The number of hydrogen-bond donors (Lipinski definition) is 1. The highest BCUT2D eigenvalue weighted by atomic mass is 19.1. The number of piperidine rings is 1. The zero-order valence-electron chi connectivity index (χ0n) is 15.6. The molecule has 7 heteroatoms. The third-order valence-corrected chi connectivity index (χ3v) is 5.82. The number of urea groups is 1. The molecule has 0 atom stereocenters. The number of carbonyl (C=O) groups excluding carboxylic acids is 2. The summed E-state index contributed by atoms with van der Waals surface area (Å²) >= 11 is 0. The van der Waals surface area contributed by atoms with Crippen molar-refractivity contribution in [1.29, 1.82) is 0 Å². The Hall–Kier alpha value is -2.31. The highest BCUT2D eigenvalue weighted by Crippen LogP contribution is 2.24. The molecule has 2 heterocycles. The summed E-state index contributed by atoms with van der Waals surface area (Å²) in [7, 11) is 0. The van der Waals surface area contributed by atoms with Crippen molar-refractivity contribution in [2.24, 2.45) is 5.92 Å². The van der Waals surface area contributed by atoms with Gasteiger partial charge in [-0.2, -0.15) is 0 Å². The van der Waals surface area contributed by atoms with Crippen molar-refractivity contribution < 1.29 is 14.0 Å². The van der Waals surface area contributed by atoms with Crippen LogP contribution in [0.25, 0.3) is 0 Å². The smallest absolute Gasteiger partial charge is 0.317 e. The number of rotatable bonds is 3. The maximum Gasteiger partial charge on any atom is 0.317 e. The molecule has 1 saturated carbocycles. The van der Waals surface area contributed by atoms with Gasteiger partial charge in [0.1, 0.15) is 5.82 Å². The molecule has 146 valence electrons. The molecule has 3 fully saturated rings. The van der Waals surface area contributed by atoms with E-state index in [1.807, 2.05) is 9.80 Å². The number of likely N-dealkylation sites (tertiary alicyclic amines) is 1. The topological polar surface area (TPSA) is 55.9 Å². The second-order valence-electron chi connectivity index (χ2n) is 7.77. The largest absolute Gasteiger partial charge is 0.368 e. The summed E-state index contributed by atoms with van der Waals surface area (Å²) in [6, 6.07) is 6.91. The molecule has 3 aliphatic rings. The number of carbonyl (C=O) groups is 2. The van der Waals surface area contributed by atoms with Gasteiger partial charge in [-0.15, -0.1) is 0 Å². The number of amides is 3. The third-order valence-electron chi connectivity index (χ3n) is 5.82. The van der Waals surface area contributed by atoms with Crippen LogP contribution in [0.1, 0.15) is 25.7 Å². The van der Waals surface area contributed by atoms with Crippen molar-refractivity contribution in [3.05, 3.63) is 30.1 Å². The lowest BCUT2D eigenvalue weighted by Gasteiger charge is -2.39. The van der Waals surface area contributed by atoms with Crippen LogP contribution >= 0.6 is 0 Å². The van der Waals surface area contributed by atoms with Crippen LogP contribution in [-0.4, -0.2) is 67.0 Å². The van der Waals surface area contributed by atoms with Gasteiger partial charge in [-0.1, -0.05) is 0 Å². The maximum atomic E-state index is 13.1. The number of nitrogens with zero attached hydrogens (tertiary/aromatic N) is 3. The van der Waals surface area contributed by atoms with Gasteiger partial charge >= 0.3 is 6.03 Å². The Labute approximate surface area is 159 Å².